The van der Waals surface area contributed by atoms with Crippen molar-refractivity contribution >= 4 is 62.3 Å². The fraction of sp³-hybridized carbons (Fsp3) is 0.654. The van der Waals surface area contributed by atoms with Crippen LogP contribution < -0.4 is 10.6 Å². The fourth-order valence-corrected chi connectivity index (χ4v) is 11.6. The normalized spacial score (nSPS) is 18.1. The number of aliphatic hydroxyl groups is 1. The van der Waals surface area contributed by atoms with Crippen LogP contribution in [0, 0.1) is 23.7 Å². The number of carbonyl (C=O) groups is 5. The van der Waals surface area contributed by atoms with Crippen LogP contribution in [-0.2, 0) is 40.4 Å². The Hall–Kier alpha value is -4.36. The lowest BCUT2D eigenvalue weighted by Crippen LogP contribution is -2.60. The molecule has 1 fully saturated rings. The summed E-state index contributed by atoms with van der Waals surface area (Å²) in [5.74, 6) is -2.73. The van der Waals surface area contributed by atoms with E-state index in [4.69, 9.17) is 19.2 Å². The van der Waals surface area contributed by atoms with Gasteiger partial charge < -0.3 is 44.3 Å². The minimum Gasteiger partial charge on any atom is -0.448 e. The second kappa shape index (κ2) is 26.4. The number of likely N-dealkylation sites (tertiary alicyclic amines) is 1. The van der Waals surface area contributed by atoms with Crippen LogP contribution in [0.2, 0.25) is 0 Å². The average molecular weight is 1010 g/mol. The third-order valence-corrected chi connectivity index (χ3v) is 16.9. The highest BCUT2D eigenvalue weighted by atomic mass is 33.1. The van der Waals surface area contributed by atoms with Crippen molar-refractivity contribution in [3.8, 4) is 0 Å². The van der Waals surface area contributed by atoms with Crippen molar-refractivity contribution in [1.29, 1.82) is 0 Å². The number of ether oxygens (including phenoxy) is 3. The maximum Gasteiger partial charge on any atom is 0.410 e. The van der Waals surface area contributed by atoms with Crippen LogP contribution in [0.1, 0.15) is 107 Å². The predicted molar refractivity (Wildman–Crippen MR) is 278 cm³/mol. The van der Waals surface area contributed by atoms with Gasteiger partial charge in [-0.3, -0.25) is 24.1 Å². The molecule has 18 heteroatoms. The molecular weight excluding hydrogens is 931 g/mol. The minimum absolute atomic E-state index is 0.0357. The summed E-state index contributed by atoms with van der Waals surface area (Å²) in [6, 6.07) is 13.6. The van der Waals surface area contributed by atoms with Gasteiger partial charge in [-0.15, -0.1) is 0 Å². The number of amides is 5. The lowest BCUT2D eigenvalue weighted by Gasteiger charge is -2.41. The molecule has 10 atom stereocenters. The van der Waals surface area contributed by atoms with Gasteiger partial charge in [-0.1, -0.05) is 108 Å². The molecule has 3 N–H and O–H groups in total. The number of para-hydroxylation sites is 2. The summed E-state index contributed by atoms with van der Waals surface area (Å²) < 4.78 is 19.4. The first-order chi connectivity index (χ1) is 33.0. The number of hydrogen-bond acceptors (Lipinski definition) is 12. The summed E-state index contributed by atoms with van der Waals surface area (Å²) in [6.45, 7) is 19.4. The Kier molecular flexibility index (Phi) is 21.9. The van der Waals surface area contributed by atoms with Gasteiger partial charge in [0.2, 0.25) is 23.6 Å². The Labute approximate surface area is 424 Å². The zero-order chi connectivity index (χ0) is 52.2. The van der Waals surface area contributed by atoms with Crippen LogP contribution >= 0.6 is 21.6 Å². The van der Waals surface area contributed by atoms with Gasteiger partial charge in [-0.2, -0.15) is 0 Å². The standard InChI is InChI=1S/C52H81N7O9S2/c1-16-33(6)44(40(66-14)29-41(60)59-28-22-27-39(59)46(67-15)34(7)47(62)53-35(8)45(61)36-23-18-17-19-24-36)57(12)49(64)42(31(2)3)55-48(63)43(32(4)5)58(13)51(65)68-30-52(9,10)70-69-50-54-37-25-20-21-26-38(37)56(50)11/h17-21,23-26,31-35,39-40,42-46,61H,16,22,27-30H2,1-15H3,(H,53,62)(H,55,63)/t33-,34+,35+,39-,40+,42-,43-,44-,45+,46+/m0/s1. The van der Waals surface area contributed by atoms with Crippen molar-refractivity contribution < 1.29 is 43.3 Å². The molecule has 0 unspecified atom stereocenters. The first-order valence-corrected chi connectivity index (χ1v) is 26.8. The number of aryl methyl sites for hydroxylation is 1. The zero-order valence-corrected chi connectivity index (χ0v) is 45.8. The molecule has 0 saturated carbocycles. The third-order valence-electron chi connectivity index (χ3n) is 13.7. The molecule has 70 heavy (non-hydrogen) atoms. The quantitative estimate of drug-likeness (QED) is 0.0713. The lowest BCUT2D eigenvalue weighted by atomic mass is 9.89. The molecule has 0 spiro atoms. The highest BCUT2D eigenvalue weighted by Gasteiger charge is 2.44. The highest BCUT2D eigenvalue weighted by molar-refractivity contribution is 8.77. The molecule has 0 radical (unpaired) electrons. The van der Waals surface area contributed by atoms with Gasteiger partial charge in [-0.25, -0.2) is 9.78 Å². The number of rotatable bonds is 25. The Morgan fingerprint density at radius 1 is 0.886 bits per heavy atom. The summed E-state index contributed by atoms with van der Waals surface area (Å²) in [6.07, 6.45) is -0.904. The van der Waals surface area contributed by atoms with Crippen LogP contribution in [0.15, 0.2) is 59.8 Å². The van der Waals surface area contributed by atoms with Gasteiger partial charge >= 0.3 is 6.09 Å². The molecule has 3 aromatic rings. The van der Waals surface area contributed by atoms with Crippen molar-refractivity contribution in [2.75, 3.05) is 41.5 Å². The van der Waals surface area contributed by atoms with E-state index in [2.05, 4.69) is 10.6 Å². The summed E-state index contributed by atoms with van der Waals surface area (Å²) in [5.41, 5.74) is 2.62. The average Bonchev–Trinajstić information content (AvgIpc) is 3.95. The largest absolute Gasteiger partial charge is 0.448 e. The Balaban J connectivity index is 1.42. The summed E-state index contributed by atoms with van der Waals surface area (Å²) >= 11 is 0. The van der Waals surface area contributed by atoms with E-state index < -0.39 is 65.1 Å². The topological polar surface area (TPSA) is 185 Å². The number of nitrogens with zero attached hydrogens (tertiary/aromatic N) is 5. The van der Waals surface area contributed by atoms with Gasteiger partial charge in [-0.05, 0) is 79.9 Å². The summed E-state index contributed by atoms with van der Waals surface area (Å²) in [5, 5.41) is 17.7. The molecule has 1 aromatic heterocycles. The molecule has 2 aromatic carbocycles. The first kappa shape index (κ1) is 58.2. The number of aromatic nitrogens is 2. The van der Waals surface area contributed by atoms with Crippen LogP contribution in [0.5, 0.6) is 0 Å². The van der Waals surface area contributed by atoms with E-state index in [0.29, 0.717) is 24.9 Å². The van der Waals surface area contributed by atoms with E-state index in [1.807, 2.05) is 122 Å². The van der Waals surface area contributed by atoms with Gasteiger partial charge in [0.15, 0.2) is 5.16 Å². The first-order valence-electron chi connectivity index (χ1n) is 24.6. The number of aliphatic hydroxyl groups excluding tert-OH is 1. The fourth-order valence-electron chi connectivity index (χ4n) is 9.40. The maximum absolute atomic E-state index is 14.7. The Bertz CT molecular complexity index is 2190. The van der Waals surface area contributed by atoms with Crippen LogP contribution in [0.4, 0.5) is 4.79 Å². The van der Waals surface area contributed by atoms with E-state index in [0.717, 1.165) is 22.6 Å². The van der Waals surface area contributed by atoms with E-state index >= 15 is 0 Å². The van der Waals surface area contributed by atoms with Gasteiger partial charge in [0.25, 0.3) is 0 Å². The smallest absolute Gasteiger partial charge is 0.410 e. The van der Waals surface area contributed by atoms with Gasteiger partial charge in [0.1, 0.15) is 18.7 Å². The van der Waals surface area contributed by atoms with E-state index in [1.165, 1.54) is 40.6 Å². The molecule has 1 saturated heterocycles. The number of hydrogen-bond donors (Lipinski definition) is 3. The molecule has 2 heterocycles. The van der Waals surface area contributed by atoms with Gasteiger partial charge in [0, 0.05) is 41.9 Å². The summed E-state index contributed by atoms with van der Waals surface area (Å²) in [4.78, 5) is 80.0. The number of likely N-dealkylation sites (N-methyl/N-ethyl adjacent to an activating group) is 2. The number of methoxy groups -OCH3 is 2. The molecule has 16 nitrogen and oxygen atoms in total. The third kappa shape index (κ3) is 14.6. The molecule has 5 amide bonds. The van der Waals surface area contributed by atoms with E-state index in [1.54, 1.807) is 37.8 Å². The van der Waals surface area contributed by atoms with Crippen molar-refractivity contribution in [1.82, 2.24) is 34.9 Å². The van der Waals surface area contributed by atoms with Crippen LogP contribution in [0.25, 0.3) is 11.0 Å². The molecule has 0 bridgehead atoms. The van der Waals surface area contributed by atoms with Crippen LogP contribution in [0.3, 0.4) is 0 Å². The van der Waals surface area contributed by atoms with Crippen molar-refractivity contribution in [2.45, 2.75) is 153 Å². The number of nitrogens with one attached hydrogen (secondary N) is 2. The van der Waals surface area contributed by atoms with E-state index in [-0.39, 0.29) is 54.5 Å². The monoisotopic (exact) mass is 1010 g/mol. The Morgan fingerprint density at radius 2 is 1.53 bits per heavy atom. The maximum atomic E-state index is 14.7. The zero-order valence-electron chi connectivity index (χ0n) is 44.1. The van der Waals surface area contributed by atoms with E-state index in [9.17, 15) is 29.1 Å². The SMILES string of the molecule is CC[C@H](C)[C@@H]([C@@H](CC(=O)N1CCC[C@H]1[C@H](OC)[C@@H](C)C(=O)N[C@H](C)[C@@H](O)c1ccccc1)OC)N(C)C(=O)[C@@H](NC(=O)[C@H](C(C)C)N(C)C(=O)OCC(C)(C)SSc1nc2ccccc2n1C)C(C)C. The second-order valence-electron chi connectivity index (χ2n) is 20.2. The molecule has 390 valence electrons. The predicted octanol–water partition coefficient (Wildman–Crippen LogP) is 7.48. The minimum atomic E-state index is -0.965. The number of benzene rings is 2. The number of imidazole rings is 1. The van der Waals surface area contributed by atoms with Crippen molar-refractivity contribution in [2.24, 2.45) is 30.7 Å². The molecule has 1 aliphatic heterocycles. The lowest BCUT2D eigenvalue weighted by molar-refractivity contribution is -0.148. The number of fused-ring (bicyclic) bond motifs is 1. The molecule has 1 aliphatic rings. The molecule has 4 rings (SSSR count). The van der Waals surface area contributed by atoms with Crippen molar-refractivity contribution in [3.05, 3.63) is 60.2 Å². The number of carbonyl (C=O) groups excluding carboxylic acids is 5. The highest BCUT2D eigenvalue weighted by Crippen LogP contribution is 2.41. The Morgan fingerprint density at radius 3 is 2.11 bits per heavy atom. The van der Waals surface area contributed by atoms with Gasteiger partial charge in [0.05, 0.1) is 64.6 Å². The molecular formula is C52H81N7O9S2. The van der Waals surface area contributed by atoms with Crippen LogP contribution in [-0.4, -0.2) is 148 Å². The van der Waals surface area contributed by atoms with Crippen molar-refractivity contribution in [3.63, 3.8) is 0 Å². The summed E-state index contributed by atoms with van der Waals surface area (Å²) in [7, 11) is 11.3. The second-order valence-corrected chi connectivity index (χ2v) is 23.0. The molecule has 0 aliphatic carbocycles.